The van der Waals surface area contributed by atoms with Crippen LogP contribution < -0.4 is 4.90 Å². The molecule has 2 heterocycles. The normalized spacial score (nSPS) is 11.7. The molecule has 0 aliphatic heterocycles. The van der Waals surface area contributed by atoms with Crippen LogP contribution in [0.1, 0.15) is 18.7 Å². The van der Waals surface area contributed by atoms with Gasteiger partial charge in [0.2, 0.25) is 0 Å². The van der Waals surface area contributed by atoms with Crippen molar-refractivity contribution in [2.24, 2.45) is 0 Å². The molecule has 7 heteroatoms. The van der Waals surface area contributed by atoms with Crippen LogP contribution >= 0.6 is 34.4 Å². The molecule has 3 aromatic rings. The molecule has 0 saturated carbocycles. The molecule has 1 aromatic carbocycles. The van der Waals surface area contributed by atoms with Crippen molar-refractivity contribution in [2.45, 2.75) is 18.7 Å². The van der Waals surface area contributed by atoms with Gasteiger partial charge in [-0.2, -0.15) is 0 Å². The van der Waals surface area contributed by atoms with Crippen LogP contribution in [0.4, 0.5) is 5.13 Å². The van der Waals surface area contributed by atoms with Crippen LogP contribution in [0.2, 0.25) is 0 Å². The SMILES string of the molecule is CCN(CC)CCN(C(=O)/C=C/c1cccs1)c1nc2c(SC)cccc2s1. The summed E-state index contributed by atoms with van der Waals surface area (Å²) in [6.45, 7) is 7.70. The summed E-state index contributed by atoms with van der Waals surface area (Å²) in [5.41, 5.74) is 0.984. The number of thioether (sulfide) groups is 1. The first-order valence-corrected chi connectivity index (χ1v) is 12.3. The molecule has 4 nitrogen and oxygen atoms in total. The Labute approximate surface area is 178 Å². The largest absolute Gasteiger partial charge is 0.302 e. The second-order valence-corrected chi connectivity index (χ2v) is 9.01. The van der Waals surface area contributed by atoms with Crippen molar-refractivity contribution < 1.29 is 4.79 Å². The van der Waals surface area contributed by atoms with Gasteiger partial charge >= 0.3 is 0 Å². The summed E-state index contributed by atoms with van der Waals surface area (Å²) in [5.74, 6) is -0.0229. The minimum Gasteiger partial charge on any atom is -0.302 e. The van der Waals surface area contributed by atoms with Gasteiger partial charge in [0.25, 0.3) is 5.91 Å². The van der Waals surface area contributed by atoms with Crippen molar-refractivity contribution in [1.82, 2.24) is 9.88 Å². The molecular formula is C21H25N3OS3. The number of thiophene rings is 1. The highest BCUT2D eigenvalue weighted by atomic mass is 32.2. The van der Waals surface area contributed by atoms with Gasteiger partial charge in [-0.3, -0.25) is 9.69 Å². The van der Waals surface area contributed by atoms with Gasteiger partial charge in [0.1, 0.15) is 0 Å². The third-order valence-electron chi connectivity index (χ3n) is 4.56. The van der Waals surface area contributed by atoms with Gasteiger partial charge in [-0.05, 0) is 49.0 Å². The third-order valence-corrected chi connectivity index (χ3v) is 7.21. The van der Waals surface area contributed by atoms with Gasteiger partial charge in [0, 0.05) is 28.9 Å². The number of carbonyl (C=O) groups is 1. The Morgan fingerprint density at radius 1 is 1.18 bits per heavy atom. The Bertz CT molecular complexity index is 930. The highest BCUT2D eigenvalue weighted by Crippen LogP contribution is 2.34. The number of hydrogen-bond acceptors (Lipinski definition) is 6. The maximum Gasteiger partial charge on any atom is 0.252 e. The standard InChI is InChI=1S/C21H25N3OS3/c1-4-23(5-2)13-14-24(19(25)12-11-16-8-7-15-27-16)21-22-20-17(26-3)9-6-10-18(20)28-21/h6-12,15H,4-5,13-14H2,1-3H3/b12-11+. The first kappa shape index (κ1) is 21.0. The minimum atomic E-state index is -0.0229. The molecule has 3 rings (SSSR count). The van der Waals surface area contributed by atoms with E-state index in [9.17, 15) is 4.79 Å². The number of thiazole rings is 1. The zero-order chi connectivity index (χ0) is 19.9. The summed E-state index contributed by atoms with van der Waals surface area (Å²) in [5, 5.41) is 2.78. The number of fused-ring (bicyclic) bond motifs is 1. The average molecular weight is 432 g/mol. The van der Waals surface area contributed by atoms with Gasteiger partial charge in [-0.25, -0.2) is 4.98 Å². The van der Waals surface area contributed by atoms with E-state index in [2.05, 4.69) is 43.2 Å². The molecule has 0 spiro atoms. The minimum absolute atomic E-state index is 0.0229. The number of likely N-dealkylation sites (N-methyl/N-ethyl adjacent to an activating group) is 1. The zero-order valence-electron chi connectivity index (χ0n) is 16.4. The summed E-state index contributed by atoms with van der Waals surface area (Å²) < 4.78 is 1.12. The smallest absolute Gasteiger partial charge is 0.252 e. The van der Waals surface area contributed by atoms with E-state index in [1.807, 2.05) is 28.5 Å². The van der Waals surface area contributed by atoms with E-state index in [0.717, 1.165) is 44.8 Å². The van der Waals surface area contributed by atoms with Gasteiger partial charge < -0.3 is 4.90 Å². The fraction of sp³-hybridized carbons (Fsp3) is 0.333. The van der Waals surface area contributed by atoms with E-state index in [4.69, 9.17) is 4.98 Å². The number of rotatable bonds is 9. The second kappa shape index (κ2) is 10.2. The molecule has 0 N–H and O–H groups in total. The van der Waals surface area contributed by atoms with E-state index in [-0.39, 0.29) is 5.91 Å². The molecule has 148 valence electrons. The molecule has 2 aromatic heterocycles. The summed E-state index contributed by atoms with van der Waals surface area (Å²) in [6.07, 6.45) is 5.61. The Morgan fingerprint density at radius 2 is 2.00 bits per heavy atom. The van der Waals surface area contributed by atoms with Crippen LogP contribution in [-0.4, -0.2) is 48.2 Å². The molecule has 0 bridgehead atoms. The van der Waals surface area contributed by atoms with Crippen molar-refractivity contribution in [3.63, 3.8) is 0 Å². The maximum atomic E-state index is 13.0. The Balaban J connectivity index is 1.89. The highest BCUT2D eigenvalue weighted by Gasteiger charge is 2.19. The van der Waals surface area contributed by atoms with Crippen molar-refractivity contribution >= 4 is 61.8 Å². The highest BCUT2D eigenvalue weighted by molar-refractivity contribution is 7.98. The first-order valence-electron chi connectivity index (χ1n) is 9.35. The van der Waals surface area contributed by atoms with Crippen molar-refractivity contribution in [2.75, 3.05) is 37.3 Å². The Kier molecular flexibility index (Phi) is 7.67. The number of nitrogens with zero attached hydrogens (tertiary/aromatic N) is 3. The van der Waals surface area contributed by atoms with Crippen LogP contribution in [-0.2, 0) is 4.79 Å². The number of amides is 1. The summed E-state index contributed by atoms with van der Waals surface area (Å²) in [6, 6.07) is 10.2. The third kappa shape index (κ3) is 5.03. The van der Waals surface area contributed by atoms with Gasteiger partial charge in [-0.1, -0.05) is 37.3 Å². The molecule has 0 aliphatic rings. The molecule has 0 aliphatic carbocycles. The topological polar surface area (TPSA) is 36.4 Å². The number of anilines is 1. The lowest BCUT2D eigenvalue weighted by atomic mass is 10.3. The van der Waals surface area contributed by atoms with Crippen molar-refractivity contribution in [3.05, 3.63) is 46.7 Å². The maximum absolute atomic E-state index is 13.0. The molecule has 28 heavy (non-hydrogen) atoms. The van der Waals surface area contributed by atoms with E-state index >= 15 is 0 Å². The number of para-hydroxylation sites is 1. The zero-order valence-corrected chi connectivity index (χ0v) is 18.9. The number of hydrogen-bond donors (Lipinski definition) is 0. The average Bonchev–Trinajstić information content (AvgIpc) is 3.38. The fourth-order valence-corrected chi connectivity index (χ4v) is 5.17. The summed E-state index contributed by atoms with van der Waals surface area (Å²) in [4.78, 5) is 24.2. The van der Waals surface area contributed by atoms with E-state index in [0.29, 0.717) is 6.54 Å². The van der Waals surface area contributed by atoms with E-state index in [1.165, 1.54) is 0 Å². The number of benzene rings is 1. The Hall–Kier alpha value is -1.67. The van der Waals surface area contributed by atoms with Crippen LogP contribution in [0.5, 0.6) is 0 Å². The van der Waals surface area contributed by atoms with E-state index < -0.39 is 0 Å². The second-order valence-electron chi connectivity index (χ2n) is 6.17. The lowest BCUT2D eigenvalue weighted by Gasteiger charge is -2.23. The van der Waals surface area contributed by atoms with Gasteiger partial charge in [-0.15, -0.1) is 23.1 Å². The first-order chi connectivity index (χ1) is 13.7. The fourth-order valence-electron chi connectivity index (χ4n) is 2.90. The van der Waals surface area contributed by atoms with Gasteiger partial charge in [0.05, 0.1) is 10.2 Å². The molecular weight excluding hydrogens is 406 g/mol. The summed E-state index contributed by atoms with van der Waals surface area (Å²) >= 11 is 4.90. The lowest BCUT2D eigenvalue weighted by molar-refractivity contribution is -0.114. The number of carbonyl (C=O) groups excluding carboxylic acids is 1. The monoisotopic (exact) mass is 431 g/mol. The molecule has 1 amide bonds. The van der Waals surface area contributed by atoms with Crippen molar-refractivity contribution in [1.29, 1.82) is 0 Å². The van der Waals surface area contributed by atoms with E-state index in [1.54, 1.807) is 40.5 Å². The predicted octanol–water partition coefficient (Wildman–Crippen LogP) is 5.47. The van der Waals surface area contributed by atoms with Crippen LogP contribution in [0, 0.1) is 0 Å². The van der Waals surface area contributed by atoms with Crippen LogP contribution in [0.25, 0.3) is 16.3 Å². The quantitative estimate of drug-likeness (QED) is 0.333. The Morgan fingerprint density at radius 3 is 2.68 bits per heavy atom. The summed E-state index contributed by atoms with van der Waals surface area (Å²) in [7, 11) is 0. The van der Waals surface area contributed by atoms with Crippen LogP contribution in [0.3, 0.4) is 0 Å². The van der Waals surface area contributed by atoms with Gasteiger partial charge in [0.15, 0.2) is 5.13 Å². The van der Waals surface area contributed by atoms with Crippen molar-refractivity contribution in [3.8, 4) is 0 Å². The molecule has 0 saturated heterocycles. The lowest BCUT2D eigenvalue weighted by Crippen LogP contribution is -2.38. The van der Waals surface area contributed by atoms with Crippen LogP contribution in [0.15, 0.2) is 46.7 Å². The molecule has 0 atom stereocenters. The molecule has 0 unspecified atom stereocenters. The molecule has 0 fully saturated rings. The predicted molar refractivity (Wildman–Crippen MR) is 125 cm³/mol. The number of aromatic nitrogens is 1. The molecule has 0 radical (unpaired) electrons.